The average Bonchev–Trinajstić information content (AvgIpc) is 3.04. The molecule has 20 heavy (non-hydrogen) atoms. The van der Waals surface area contributed by atoms with Gasteiger partial charge in [0.25, 0.3) is 0 Å². The zero-order valence-corrected chi connectivity index (χ0v) is 12.9. The van der Waals surface area contributed by atoms with Gasteiger partial charge in [-0.1, -0.05) is 25.7 Å². The van der Waals surface area contributed by atoms with Crippen molar-refractivity contribution in [1.29, 1.82) is 0 Å². The first-order valence-corrected chi connectivity index (χ1v) is 9.19. The van der Waals surface area contributed by atoms with Gasteiger partial charge in [0.15, 0.2) is 0 Å². The minimum atomic E-state index is -3.64. The van der Waals surface area contributed by atoms with Gasteiger partial charge in [0.05, 0.1) is 6.54 Å². The SMILES string of the molecule is NS(=O)(=O)c1ccc(CNC(=O)CCC2CCCC2)s1. The van der Waals surface area contributed by atoms with E-state index in [-0.39, 0.29) is 10.1 Å². The van der Waals surface area contributed by atoms with Crippen LogP contribution in [-0.2, 0) is 21.4 Å². The molecule has 1 fully saturated rings. The highest BCUT2D eigenvalue weighted by Gasteiger charge is 2.16. The predicted octanol–water partition coefficient (Wildman–Crippen LogP) is 1.98. The molecule has 1 aliphatic rings. The molecule has 7 heteroatoms. The third-order valence-corrected chi connectivity index (χ3v) is 6.16. The van der Waals surface area contributed by atoms with Crippen molar-refractivity contribution in [1.82, 2.24) is 5.32 Å². The number of amides is 1. The molecule has 1 heterocycles. The van der Waals surface area contributed by atoms with Crippen molar-refractivity contribution in [2.75, 3.05) is 0 Å². The minimum Gasteiger partial charge on any atom is -0.351 e. The Morgan fingerprint density at radius 1 is 1.35 bits per heavy atom. The predicted molar refractivity (Wildman–Crippen MR) is 78.7 cm³/mol. The van der Waals surface area contributed by atoms with Gasteiger partial charge in [-0.2, -0.15) is 0 Å². The molecule has 0 saturated heterocycles. The van der Waals surface area contributed by atoms with E-state index >= 15 is 0 Å². The number of hydrogen-bond acceptors (Lipinski definition) is 4. The van der Waals surface area contributed by atoms with Crippen LogP contribution in [0.1, 0.15) is 43.4 Å². The number of hydrogen-bond donors (Lipinski definition) is 2. The number of primary sulfonamides is 1. The molecule has 0 unspecified atom stereocenters. The van der Waals surface area contributed by atoms with E-state index in [9.17, 15) is 13.2 Å². The van der Waals surface area contributed by atoms with E-state index in [4.69, 9.17) is 5.14 Å². The van der Waals surface area contributed by atoms with E-state index in [1.165, 1.54) is 31.7 Å². The van der Waals surface area contributed by atoms with Gasteiger partial charge in [0.2, 0.25) is 15.9 Å². The molecule has 0 atom stereocenters. The maximum absolute atomic E-state index is 11.7. The van der Waals surface area contributed by atoms with Crippen LogP contribution in [0.3, 0.4) is 0 Å². The van der Waals surface area contributed by atoms with Crippen LogP contribution in [0.4, 0.5) is 0 Å². The van der Waals surface area contributed by atoms with E-state index in [1.807, 2.05) is 0 Å². The van der Waals surface area contributed by atoms with Crippen LogP contribution in [-0.4, -0.2) is 14.3 Å². The van der Waals surface area contributed by atoms with Crippen molar-refractivity contribution in [2.24, 2.45) is 11.1 Å². The Balaban J connectivity index is 1.74. The van der Waals surface area contributed by atoms with Crippen molar-refractivity contribution in [2.45, 2.75) is 49.3 Å². The molecular weight excluding hydrogens is 296 g/mol. The topological polar surface area (TPSA) is 89.3 Å². The van der Waals surface area contributed by atoms with Crippen molar-refractivity contribution in [3.8, 4) is 0 Å². The smallest absolute Gasteiger partial charge is 0.247 e. The van der Waals surface area contributed by atoms with Gasteiger partial charge in [-0.3, -0.25) is 4.79 Å². The summed E-state index contributed by atoms with van der Waals surface area (Å²) in [6.07, 6.45) is 6.58. The van der Waals surface area contributed by atoms with E-state index in [0.29, 0.717) is 18.9 Å². The standard InChI is InChI=1S/C13H20N2O3S2/c14-20(17,18)13-8-6-11(19-13)9-15-12(16)7-5-10-3-1-2-4-10/h6,8,10H,1-5,7,9H2,(H,15,16)(H2,14,17,18). The number of nitrogens with one attached hydrogen (secondary N) is 1. The molecule has 5 nitrogen and oxygen atoms in total. The molecule has 1 aromatic rings. The van der Waals surface area contributed by atoms with Crippen LogP contribution in [0.15, 0.2) is 16.3 Å². The van der Waals surface area contributed by atoms with Gasteiger partial charge in [-0.15, -0.1) is 11.3 Å². The maximum Gasteiger partial charge on any atom is 0.247 e. The summed E-state index contributed by atoms with van der Waals surface area (Å²) in [5, 5.41) is 7.86. The van der Waals surface area contributed by atoms with Crippen LogP contribution < -0.4 is 10.5 Å². The van der Waals surface area contributed by atoms with Crippen molar-refractivity contribution in [3.63, 3.8) is 0 Å². The highest BCUT2D eigenvalue weighted by molar-refractivity contribution is 7.91. The lowest BCUT2D eigenvalue weighted by Gasteiger charge is -2.08. The summed E-state index contributed by atoms with van der Waals surface area (Å²) in [5.41, 5.74) is 0. The largest absolute Gasteiger partial charge is 0.351 e. The third-order valence-electron chi connectivity index (χ3n) is 3.63. The Hall–Kier alpha value is -0.920. The van der Waals surface area contributed by atoms with E-state index in [0.717, 1.165) is 22.6 Å². The van der Waals surface area contributed by atoms with Gasteiger partial charge >= 0.3 is 0 Å². The van der Waals surface area contributed by atoms with Gasteiger partial charge in [-0.05, 0) is 24.5 Å². The minimum absolute atomic E-state index is 0.0301. The first-order chi connectivity index (χ1) is 9.45. The van der Waals surface area contributed by atoms with Gasteiger partial charge in [0.1, 0.15) is 4.21 Å². The summed E-state index contributed by atoms with van der Waals surface area (Å²) in [7, 11) is -3.64. The molecule has 112 valence electrons. The van der Waals surface area contributed by atoms with E-state index < -0.39 is 10.0 Å². The molecule has 0 bridgehead atoms. The number of nitrogens with two attached hydrogens (primary N) is 1. The lowest BCUT2D eigenvalue weighted by atomic mass is 10.0. The second kappa shape index (κ2) is 6.69. The fourth-order valence-electron chi connectivity index (χ4n) is 2.51. The summed E-state index contributed by atoms with van der Waals surface area (Å²) in [5.74, 6) is 0.735. The second-order valence-corrected chi connectivity index (χ2v) is 8.19. The maximum atomic E-state index is 11.7. The molecule has 0 spiro atoms. The lowest BCUT2D eigenvalue weighted by Crippen LogP contribution is -2.22. The first-order valence-electron chi connectivity index (χ1n) is 6.83. The highest BCUT2D eigenvalue weighted by atomic mass is 32.2. The van der Waals surface area contributed by atoms with Crippen molar-refractivity contribution >= 4 is 27.3 Å². The quantitative estimate of drug-likeness (QED) is 0.841. The number of carbonyl (C=O) groups is 1. The third kappa shape index (κ3) is 4.57. The van der Waals surface area contributed by atoms with Gasteiger partial charge in [-0.25, -0.2) is 13.6 Å². The summed E-state index contributed by atoms with van der Waals surface area (Å²) in [6.45, 7) is 0.365. The normalized spacial score (nSPS) is 16.4. The zero-order valence-electron chi connectivity index (χ0n) is 11.3. The lowest BCUT2D eigenvalue weighted by molar-refractivity contribution is -0.121. The van der Waals surface area contributed by atoms with Crippen LogP contribution in [0, 0.1) is 5.92 Å². The Bertz CT molecular complexity index is 560. The molecule has 0 radical (unpaired) electrons. The summed E-state index contributed by atoms with van der Waals surface area (Å²) < 4.78 is 22.4. The van der Waals surface area contributed by atoms with Crippen LogP contribution >= 0.6 is 11.3 Å². The van der Waals surface area contributed by atoms with E-state index in [2.05, 4.69) is 5.32 Å². The monoisotopic (exact) mass is 316 g/mol. The fourth-order valence-corrected chi connectivity index (χ4v) is 4.23. The second-order valence-electron chi connectivity index (χ2n) is 5.23. The van der Waals surface area contributed by atoms with Crippen molar-refractivity contribution in [3.05, 3.63) is 17.0 Å². The van der Waals surface area contributed by atoms with E-state index in [1.54, 1.807) is 6.07 Å². The summed E-state index contributed by atoms with van der Waals surface area (Å²) in [4.78, 5) is 12.5. The molecular formula is C13H20N2O3S2. The number of carbonyl (C=O) groups excluding carboxylic acids is 1. The van der Waals surface area contributed by atoms with Crippen molar-refractivity contribution < 1.29 is 13.2 Å². The molecule has 1 aliphatic carbocycles. The van der Waals surface area contributed by atoms with Gasteiger partial charge < -0.3 is 5.32 Å². The Morgan fingerprint density at radius 2 is 2.05 bits per heavy atom. The van der Waals surface area contributed by atoms with Crippen LogP contribution in [0.2, 0.25) is 0 Å². The van der Waals surface area contributed by atoms with Gasteiger partial charge in [0, 0.05) is 11.3 Å². The summed E-state index contributed by atoms with van der Waals surface area (Å²) >= 11 is 1.10. The molecule has 2 rings (SSSR count). The molecule has 3 N–H and O–H groups in total. The number of thiophene rings is 1. The molecule has 0 aliphatic heterocycles. The molecule has 1 amide bonds. The van der Waals surface area contributed by atoms with Crippen LogP contribution in [0.25, 0.3) is 0 Å². The molecule has 1 saturated carbocycles. The Kier molecular flexibility index (Phi) is 5.17. The average molecular weight is 316 g/mol. The summed E-state index contributed by atoms with van der Waals surface area (Å²) in [6, 6.07) is 3.15. The zero-order chi connectivity index (χ0) is 14.6. The number of rotatable bonds is 6. The molecule has 1 aromatic heterocycles. The Morgan fingerprint density at radius 3 is 2.65 bits per heavy atom. The highest BCUT2D eigenvalue weighted by Crippen LogP contribution is 2.28. The fraction of sp³-hybridized carbons (Fsp3) is 0.615. The molecule has 0 aromatic carbocycles. The number of sulfonamides is 1. The Labute approximate surface area is 123 Å². The van der Waals surface area contributed by atoms with Crippen LogP contribution in [0.5, 0.6) is 0 Å². The first kappa shape index (κ1) is 15.5.